The molecule has 0 saturated carbocycles. The average molecular weight is 585 g/mol. The maximum atomic E-state index is 13.6. The first-order valence-electron chi connectivity index (χ1n) is 12.9. The second-order valence-corrected chi connectivity index (χ2v) is 12.3. The molecule has 0 bridgehead atoms. The minimum Gasteiger partial charge on any atom is -0.354 e. The van der Waals surface area contributed by atoms with Crippen LogP contribution in [0.5, 0.6) is 0 Å². The van der Waals surface area contributed by atoms with Crippen LogP contribution in [0.15, 0.2) is 36.4 Å². The van der Waals surface area contributed by atoms with E-state index in [1.165, 1.54) is 9.21 Å². The van der Waals surface area contributed by atoms with Gasteiger partial charge in [-0.3, -0.25) is 13.9 Å². The normalized spacial score (nSPS) is 12.2. The number of carbonyl (C=O) groups is 2. The Hall–Kier alpha value is -2.29. The molecule has 1 N–H and O–H groups in total. The second kappa shape index (κ2) is 14.8. The van der Waals surface area contributed by atoms with Gasteiger partial charge in [0, 0.05) is 41.7 Å². The molecule has 210 valence electrons. The smallest absolute Gasteiger partial charge is 0.242 e. The molecule has 0 fully saturated rings. The van der Waals surface area contributed by atoms with E-state index in [1.54, 1.807) is 18.2 Å². The van der Waals surface area contributed by atoms with E-state index in [-0.39, 0.29) is 37.7 Å². The maximum absolute atomic E-state index is 13.6. The van der Waals surface area contributed by atoms with Crippen LogP contribution in [0.2, 0.25) is 10.0 Å². The number of aryl methyl sites for hydroxylation is 2. The minimum absolute atomic E-state index is 0.0532. The number of anilines is 1. The van der Waals surface area contributed by atoms with Gasteiger partial charge in [0.15, 0.2) is 0 Å². The number of nitrogens with zero attached hydrogens (tertiary/aromatic N) is 2. The largest absolute Gasteiger partial charge is 0.354 e. The molecule has 0 aromatic heterocycles. The lowest BCUT2D eigenvalue weighted by Gasteiger charge is -2.31. The van der Waals surface area contributed by atoms with E-state index in [9.17, 15) is 18.0 Å². The van der Waals surface area contributed by atoms with Crippen molar-refractivity contribution in [2.75, 3.05) is 23.7 Å². The molecule has 0 spiro atoms. The summed E-state index contributed by atoms with van der Waals surface area (Å²) in [4.78, 5) is 28.1. The van der Waals surface area contributed by atoms with E-state index in [2.05, 4.69) is 5.32 Å². The lowest BCUT2D eigenvalue weighted by atomic mass is 10.1. The Morgan fingerprint density at radius 1 is 1.00 bits per heavy atom. The Morgan fingerprint density at radius 2 is 1.61 bits per heavy atom. The van der Waals surface area contributed by atoms with Crippen LogP contribution >= 0.6 is 23.2 Å². The standard InChI is InChI=1S/C28H39Cl2N3O4S/c1-6-8-14-31-28(35)26(7-2)32(19-23-24(29)11-9-12-25(23)30)27(34)13-10-15-33(38(5,36)37)22-17-20(3)16-21(4)18-22/h9,11-12,16-18,26H,6-8,10,13-15,19H2,1-5H3,(H,31,35). The molecule has 2 amide bonds. The third kappa shape index (κ3) is 9.17. The molecule has 0 aliphatic rings. The molecule has 1 atom stereocenters. The molecule has 0 aliphatic carbocycles. The number of rotatable bonds is 14. The van der Waals surface area contributed by atoms with Gasteiger partial charge >= 0.3 is 0 Å². The number of benzene rings is 2. The predicted molar refractivity (Wildman–Crippen MR) is 156 cm³/mol. The molecule has 2 aromatic carbocycles. The Bertz CT molecular complexity index is 1180. The fourth-order valence-corrected chi connectivity index (χ4v) is 5.84. The minimum atomic E-state index is -3.57. The topological polar surface area (TPSA) is 86.8 Å². The van der Waals surface area contributed by atoms with Crippen molar-refractivity contribution in [3.63, 3.8) is 0 Å². The first-order chi connectivity index (χ1) is 17.9. The first-order valence-corrected chi connectivity index (χ1v) is 15.6. The van der Waals surface area contributed by atoms with E-state index in [1.807, 2.05) is 45.9 Å². The number of sulfonamides is 1. The van der Waals surface area contributed by atoms with Crippen LogP contribution in [0, 0.1) is 13.8 Å². The van der Waals surface area contributed by atoms with Gasteiger partial charge in [-0.1, -0.05) is 55.6 Å². The van der Waals surface area contributed by atoms with E-state index < -0.39 is 16.1 Å². The molecule has 2 rings (SSSR count). The number of amides is 2. The lowest BCUT2D eigenvalue weighted by Crippen LogP contribution is -2.49. The summed E-state index contributed by atoms with van der Waals surface area (Å²) in [6.45, 7) is 8.45. The van der Waals surface area contributed by atoms with Gasteiger partial charge < -0.3 is 10.2 Å². The van der Waals surface area contributed by atoms with E-state index in [0.29, 0.717) is 34.3 Å². The van der Waals surface area contributed by atoms with Crippen molar-refractivity contribution in [2.45, 2.75) is 72.4 Å². The molecule has 1 unspecified atom stereocenters. The summed E-state index contributed by atoms with van der Waals surface area (Å²) < 4.78 is 26.5. The van der Waals surface area contributed by atoms with Gasteiger partial charge in [-0.05, 0) is 68.5 Å². The van der Waals surface area contributed by atoms with Gasteiger partial charge in [0.1, 0.15) is 6.04 Å². The fraction of sp³-hybridized carbons (Fsp3) is 0.500. The molecule has 7 nitrogen and oxygen atoms in total. The third-order valence-corrected chi connectivity index (χ3v) is 8.15. The SMILES string of the molecule is CCCCNC(=O)C(CC)N(Cc1c(Cl)cccc1Cl)C(=O)CCCN(c1cc(C)cc(C)c1)S(C)(=O)=O. The van der Waals surface area contributed by atoms with Crippen LogP contribution in [-0.2, 0) is 26.2 Å². The summed E-state index contributed by atoms with van der Waals surface area (Å²) in [5.41, 5.74) is 3.04. The summed E-state index contributed by atoms with van der Waals surface area (Å²) >= 11 is 12.8. The molecule has 0 heterocycles. The van der Waals surface area contributed by atoms with Crippen LogP contribution in [0.4, 0.5) is 5.69 Å². The average Bonchev–Trinajstić information content (AvgIpc) is 2.82. The van der Waals surface area contributed by atoms with Gasteiger partial charge in [-0.25, -0.2) is 8.42 Å². The van der Waals surface area contributed by atoms with Crippen molar-refractivity contribution in [1.82, 2.24) is 10.2 Å². The predicted octanol–water partition coefficient (Wildman–Crippen LogP) is 5.88. The number of halogens is 2. The van der Waals surface area contributed by atoms with Crippen molar-refractivity contribution < 1.29 is 18.0 Å². The molecule has 2 aromatic rings. The highest BCUT2D eigenvalue weighted by atomic mass is 35.5. The maximum Gasteiger partial charge on any atom is 0.242 e. The summed E-state index contributed by atoms with van der Waals surface area (Å²) in [5.74, 6) is -0.502. The number of carbonyl (C=O) groups excluding carboxylic acids is 2. The van der Waals surface area contributed by atoms with Crippen LogP contribution < -0.4 is 9.62 Å². The monoisotopic (exact) mass is 583 g/mol. The van der Waals surface area contributed by atoms with Gasteiger partial charge in [-0.15, -0.1) is 0 Å². The lowest BCUT2D eigenvalue weighted by molar-refractivity contribution is -0.141. The quantitative estimate of drug-likeness (QED) is 0.281. The molecular formula is C28H39Cl2N3O4S. The van der Waals surface area contributed by atoms with Gasteiger partial charge in [0.25, 0.3) is 0 Å². The Balaban J connectivity index is 2.28. The van der Waals surface area contributed by atoms with Crippen molar-refractivity contribution in [3.8, 4) is 0 Å². The molecular weight excluding hydrogens is 545 g/mol. The second-order valence-electron chi connectivity index (χ2n) is 9.58. The van der Waals surface area contributed by atoms with Gasteiger partial charge in [0.05, 0.1) is 11.9 Å². The summed E-state index contributed by atoms with van der Waals surface area (Å²) in [5, 5.41) is 3.75. The number of unbranched alkanes of at least 4 members (excludes halogenated alkanes) is 1. The third-order valence-electron chi connectivity index (χ3n) is 6.25. The van der Waals surface area contributed by atoms with Crippen LogP contribution in [-0.4, -0.2) is 50.5 Å². The van der Waals surface area contributed by atoms with Crippen molar-refractivity contribution in [3.05, 3.63) is 63.1 Å². The molecule has 10 heteroatoms. The summed E-state index contributed by atoms with van der Waals surface area (Å²) in [6, 6.07) is 10.0. The van der Waals surface area contributed by atoms with Crippen molar-refractivity contribution >= 4 is 50.7 Å². The molecule has 0 saturated heterocycles. The summed E-state index contributed by atoms with van der Waals surface area (Å²) in [6.07, 6.45) is 3.67. The zero-order valence-electron chi connectivity index (χ0n) is 22.9. The van der Waals surface area contributed by atoms with Crippen LogP contribution in [0.25, 0.3) is 0 Å². The van der Waals surface area contributed by atoms with E-state index >= 15 is 0 Å². The van der Waals surface area contributed by atoms with Gasteiger partial charge in [-0.2, -0.15) is 0 Å². The highest BCUT2D eigenvalue weighted by Crippen LogP contribution is 2.28. The van der Waals surface area contributed by atoms with Crippen LogP contribution in [0.1, 0.15) is 62.6 Å². The zero-order valence-corrected chi connectivity index (χ0v) is 25.2. The first kappa shape index (κ1) is 31.9. The fourth-order valence-electron chi connectivity index (χ4n) is 4.38. The molecule has 0 radical (unpaired) electrons. The Kier molecular flexibility index (Phi) is 12.4. The van der Waals surface area contributed by atoms with E-state index in [0.717, 1.165) is 30.2 Å². The highest BCUT2D eigenvalue weighted by Gasteiger charge is 2.30. The molecule has 38 heavy (non-hydrogen) atoms. The van der Waals surface area contributed by atoms with Gasteiger partial charge in [0.2, 0.25) is 21.8 Å². The van der Waals surface area contributed by atoms with Crippen molar-refractivity contribution in [2.24, 2.45) is 0 Å². The zero-order chi connectivity index (χ0) is 28.5. The Morgan fingerprint density at radius 3 is 2.13 bits per heavy atom. The van der Waals surface area contributed by atoms with E-state index in [4.69, 9.17) is 23.2 Å². The Labute approximate surface area is 237 Å². The van der Waals surface area contributed by atoms with Crippen molar-refractivity contribution in [1.29, 1.82) is 0 Å². The summed E-state index contributed by atoms with van der Waals surface area (Å²) in [7, 11) is -3.57. The van der Waals surface area contributed by atoms with Crippen LogP contribution in [0.3, 0.4) is 0 Å². The number of hydrogen-bond donors (Lipinski definition) is 1. The number of nitrogens with one attached hydrogen (secondary N) is 1. The number of hydrogen-bond acceptors (Lipinski definition) is 4. The molecule has 0 aliphatic heterocycles. The highest BCUT2D eigenvalue weighted by molar-refractivity contribution is 7.92.